The van der Waals surface area contributed by atoms with Crippen LogP contribution >= 0.6 is 11.8 Å². The Morgan fingerprint density at radius 1 is 1.45 bits per heavy atom. The van der Waals surface area contributed by atoms with Crippen LogP contribution in [0.4, 0.5) is 0 Å². The zero-order chi connectivity index (χ0) is 15.9. The van der Waals surface area contributed by atoms with E-state index in [0.29, 0.717) is 5.76 Å². The van der Waals surface area contributed by atoms with Gasteiger partial charge in [-0.25, -0.2) is 0 Å². The normalized spacial score (nSPS) is 10.5. The molecule has 0 aliphatic rings. The van der Waals surface area contributed by atoms with Crippen LogP contribution in [0.1, 0.15) is 16.2 Å². The predicted molar refractivity (Wildman–Crippen MR) is 83.1 cm³/mol. The molecule has 0 aliphatic carbocycles. The number of amides is 1. The molecule has 1 heterocycles. The predicted octanol–water partition coefficient (Wildman–Crippen LogP) is 2.04. The lowest BCUT2D eigenvalue weighted by molar-refractivity contribution is 0.0756. The first-order valence-electron chi connectivity index (χ1n) is 6.73. The summed E-state index contributed by atoms with van der Waals surface area (Å²) in [5.41, 5.74) is 0.202. The molecule has 1 aromatic carbocycles. The molecule has 0 atom stereocenters. The number of aliphatic hydroxyl groups excluding tert-OH is 1. The van der Waals surface area contributed by atoms with Crippen LogP contribution < -0.4 is 4.74 Å². The number of aliphatic hydroxyl groups is 1. The van der Waals surface area contributed by atoms with E-state index in [2.05, 4.69) is 5.16 Å². The van der Waals surface area contributed by atoms with E-state index in [1.165, 1.54) is 4.90 Å². The lowest BCUT2D eigenvalue weighted by Crippen LogP contribution is -2.29. The van der Waals surface area contributed by atoms with Crippen molar-refractivity contribution in [1.82, 2.24) is 10.1 Å². The highest BCUT2D eigenvalue weighted by Crippen LogP contribution is 2.27. The highest BCUT2D eigenvalue weighted by Gasteiger charge is 2.17. The largest absolute Gasteiger partial charge is 0.484 e. The van der Waals surface area contributed by atoms with Crippen LogP contribution in [0.3, 0.4) is 0 Å². The summed E-state index contributed by atoms with van der Waals surface area (Å²) in [6, 6.07) is 9.25. The minimum absolute atomic E-state index is 0.0957. The molecular formula is C15H18N2O4S. The number of rotatable bonds is 7. The van der Waals surface area contributed by atoms with Gasteiger partial charge in [0.05, 0.1) is 6.61 Å². The molecule has 2 aromatic rings. The van der Waals surface area contributed by atoms with Gasteiger partial charge in [-0.3, -0.25) is 4.79 Å². The third kappa shape index (κ3) is 4.02. The second-order valence-corrected chi connectivity index (χ2v) is 5.42. The summed E-state index contributed by atoms with van der Waals surface area (Å²) in [4.78, 5) is 14.4. The van der Waals surface area contributed by atoms with E-state index in [0.717, 1.165) is 10.6 Å². The zero-order valence-electron chi connectivity index (χ0n) is 12.5. The molecule has 0 fully saturated rings. The zero-order valence-corrected chi connectivity index (χ0v) is 13.3. The van der Waals surface area contributed by atoms with E-state index < -0.39 is 0 Å². The summed E-state index contributed by atoms with van der Waals surface area (Å²) in [5.74, 6) is 0.932. The minimum Gasteiger partial charge on any atom is -0.484 e. The average molecular weight is 322 g/mol. The second-order valence-electron chi connectivity index (χ2n) is 4.57. The molecule has 0 unspecified atom stereocenters. The van der Waals surface area contributed by atoms with Crippen molar-refractivity contribution in [3.05, 3.63) is 41.8 Å². The van der Waals surface area contributed by atoms with Crippen LogP contribution in [0.15, 0.2) is 39.8 Å². The molecule has 0 saturated heterocycles. The maximum absolute atomic E-state index is 12.0. The smallest absolute Gasteiger partial charge is 0.275 e. The quantitative estimate of drug-likeness (QED) is 0.786. The topological polar surface area (TPSA) is 75.8 Å². The Bertz CT molecular complexity index is 630. The molecule has 1 N–H and O–H groups in total. The second kappa shape index (κ2) is 7.86. The third-order valence-corrected chi connectivity index (χ3v) is 3.78. The van der Waals surface area contributed by atoms with Crippen molar-refractivity contribution in [1.29, 1.82) is 0 Å². The van der Waals surface area contributed by atoms with Gasteiger partial charge in [-0.2, -0.15) is 0 Å². The molecule has 118 valence electrons. The van der Waals surface area contributed by atoms with Crippen LogP contribution in [0.5, 0.6) is 5.75 Å². The fraction of sp³-hybridized carbons (Fsp3) is 0.333. The number of para-hydroxylation sites is 1. The number of nitrogens with zero attached hydrogens (tertiary/aromatic N) is 2. The molecule has 0 saturated carbocycles. The summed E-state index contributed by atoms with van der Waals surface area (Å²) >= 11 is 1.59. The van der Waals surface area contributed by atoms with Crippen LogP contribution in [0.25, 0.3) is 0 Å². The van der Waals surface area contributed by atoms with Crippen LogP contribution in [-0.4, -0.2) is 47.5 Å². The molecule has 0 spiro atoms. The van der Waals surface area contributed by atoms with Crippen LogP contribution in [-0.2, 0) is 6.61 Å². The molecule has 7 heteroatoms. The van der Waals surface area contributed by atoms with Gasteiger partial charge >= 0.3 is 0 Å². The van der Waals surface area contributed by atoms with Gasteiger partial charge in [-0.15, -0.1) is 11.8 Å². The summed E-state index contributed by atoms with van der Waals surface area (Å²) < 4.78 is 10.8. The van der Waals surface area contributed by atoms with Crippen molar-refractivity contribution in [3.8, 4) is 5.75 Å². The van der Waals surface area contributed by atoms with Crippen molar-refractivity contribution in [2.24, 2.45) is 0 Å². The summed E-state index contributed by atoms with van der Waals surface area (Å²) in [7, 11) is 1.60. The first-order chi connectivity index (χ1) is 10.7. The number of hydrogen-bond acceptors (Lipinski definition) is 6. The monoisotopic (exact) mass is 322 g/mol. The van der Waals surface area contributed by atoms with Crippen LogP contribution in [0.2, 0.25) is 0 Å². The number of benzene rings is 1. The van der Waals surface area contributed by atoms with E-state index in [1.54, 1.807) is 24.9 Å². The number of hydrogen-bond donors (Lipinski definition) is 1. The van der Waals surface area contributed by atoms with Gasteiger partial charge in [-0.05, 0) is 18.4 Å². The van der Waals surface area contributed by atoms with E-state index in [4.69, 9.17) is 14.4 Å². The van der Waals surface area contributed by atoms with Crippen molar-refractivity contribution in [2.45, 2.75) is 11.5 Å². The van der Waals surface area contributed by atoms with Crippen molar-refractivity contribution in [2.75, 3.05) is 26.5 Å². The van der Waals surface area contributed by atoms with E-state index in [9.17, 15) is 4.79 Å². The van der Waals surface area contributed by atoms with Gasteiger partial charge in [0.1, 0.15) is 12.4 Å². The Hall–Kier alpha value is -1.99. The fourth-order valence-electron chi connectivity index (χ4n) is 1.82. The summed E-state index contributed by atoms with van der Waals surface area (Å²) in [6.07, 6.45) is 1.98. The van der Waals surface area contributed by atoms with Crippen molar-refractivity contribution >= 4 is 17.7 Å². The van der Waals surface area contributed by atoms with Gasteiger partial charge in [0.2, 0.25) is 0 Å². The number of ether oxygens (including phenoxy) is 1. The van der Waals surface area contributed by atoms with E-state index in [1.807, 2.05) is 30.5 Å². The molecule has 0 bridgehead atoms. The lowest BCUT2D eigenvalue weighted by Gasteiger charge is -2.12. The van der Waals surface area contributed by atoms with Gasteiger partial charge < -0.3 is 19.3 Å². The Labute approximate surface area is 133 Å². The fourth-order valence-corrected chi connectivity index (χ4v) is 2.36. The minimum atomic E-state index is -0.298. The third-order valence-electron chi connectivity index (χ3n) is 3.00. The number of aromatic nitrogens is 1. The van der Waals surface area contributed by atoms with Gasteiger partial charge in [0.15, 0.2) is 11.5 Å². The molecule has 0 aliphatic heterocycles. The van der Waals surface area contributed by atoms with E-state index >= 15 is 0 Å². The SMILES string of the molecule is CSc1ccccc1OCc1cc(C(=O)N(C)CCO)no1. The van der Waals surface area contributed by atoms with Gasteiger partial charge in [0, 0.05) is 24.6 Å². The number of thioether (sulfide) groups is 1. The molecule has 2 rings (SSSR count). The molecule has 0 radical (unpaired) electrons. The maximum Gasteiger partial charge on any atom is 0.275 e. The summed E-state index contributed by atoms with van der Waals surface area (Å²) in [6.45, 7) is 0.349. The maximum atomic E-state index is 12.0. The van der Waals surface area contributed by atoms with Crippen molar-refractivity contribution < 1.29 is 19.2 Å². The first-order valence-corrected chi connectivity index (χ1v) is 7.96. The molecule has 1 aromatic heterocycles. The Morgan fingerprint density at radius 2 is 2.23 bits per heavy atom. The number of carbonyl (C=O) groups is 1. The van der Waals surface area contributed by atoms with E-state index in [-0.39, 0.29) is 31.4 Å². The Morgan fingerprint density at radius 3 is 2.95 bits per heavy atom. The molecule has 6 nitrogen and oxygen atoms in total. The lowest BCUT2D eigenvalue weighted by atomic mass is 10.3. The summed E-state index contributed by atoms with van der Waals surface area (Å²) in [5, 5.41) is 12.6. The molecule has 22 heavy (non-hydrogen) atoms. The van der Waals surface area contributed by atoms with Crippen molar-refractivity contribution in [3.63, 3.8) is 0 Å². The molecular weight excluding hydrogens is 304 g/mol. The first kappa shape index (κ1) is 16.4. The van der Waals surface area contributed by atoms with Crippen LogP contribution in [0, 0.1) is 0 Å². The number of carbonyl (C=O) groups excluding carboxylic acids is 1. The van der Waals surface area contributed by atoms with Gasteiger partial charge in [-0.1, -0.05) is 17.3 Å². The highest BCUT2D eigenvalue weighted by atomic mass is 32.2. The Balaban J connectivity index is 1.99. The highest BCUT2D eigenvalue weighted by molar-refractivity contribution is 7.98. The van der Waals surface area contributed by atoms with Gasteiger partial charge in [0.25, 0.3) is 5.91 Å². The Kier molecular flexibility index (Phi) is 5.85. The standard InChI is InChI=1S/C15H18N2O4S/c1-17(7-8-18)15(19)12-9-11(21-16-12)10-20-13-5-3-4-6-14(13)22-2/h3-6,9,18H,7-8,10H2,1-2H3. The average Bonchev–Trinajstić information content (AvgIpc) is 3.01. The molecule has 1 amide bonds. The number of likely N-dealkylation sites (N-methyl/N-ethyl adjacent to an activating group) is 1.